The van der Waals surface area contributed by atoms with Gasteiger partial charge >= 0.3 is 5.69 Å². The molecule has 1 amide bonds. The van der Waals surface area contributed by atoms with Gasteiger partial charge in [0.05, 0.1) is 0 Å². The second kappa shape index (κ2) is 9.59. The highest BCUT2D eigenvalue weighted by Crippen LogP contribution is 2.28. The topological polar surface area (TPSA) is 101 Å². The van der Waals surface area contributed by atoms with Crippen molar-refractivity contribution in [3.8, 4) is 0 Å². The van der Waals surface area contributed by atoms with Crippen molar-refractivity contribution in [2.45, 2.75) is 78.2 Å². The molecule has 7 heteroatoms. The van der Waals surface area contributed by atoms with Crippen LogP contribution in [0.5, 0.6) is 0 Å². The maximum absolute atomic E-state index is 12.8. The first-order valence-corrected chi connectivity index (χ1v) is 9.92. The van der Waals surface area contributed by atoms with Crippen LogP contribution in [0, 0.1) is 5.92 Å². The van der Waals surface area contributed by atoms with E-state index in [2.05, 4.69) is 4.98 Å². The standard InChI is InChI=1S/C19H32N4O3/c1-3-5-13-23-17(20)16(18(25)21-19(23)26)22(4-2)15(24)12-11-14-9-7-6-8-10-14/h14H,3-13,20H2,1-2H3,(H,21,25,26). The van der Waals surface area contributed by atoms with E-state index in [1.54, 1.807) is 0 Å². The van der Waals surface area contributed by atoms with Gasteiger partial charge in [0.1, 0.15) is 5.82 Å². The first-order valence-electron chi connectivity index (χ1n) is 9.92. The average molecular weight is 364 g/mol. The Morgan fingerprint density at radius 2 is 1.92 bits per heavy atom. The molecule has 0 aliphatic heterocycles. The number of hydrogen-bond donors (Lipinski definition) is 2. The number of carbonyl (C=O) groups is 1. The first-order chi connectivity index (χ1) is 12.5. The lowest BCUT2D eigenvalue weighted by atomic mass is 9.86. The van der Waals surface area contributed by atoms with E-state index in [1.807, 2.05) is 13.8 Å². The number of rotatable bonds is 8. The minimum absolute atomic E-state index is 0.0834. The van der Waals surface area contributed by atoms with E-state index in [4.69, 9.17) is 5.73 Å². The zero-order valence-electron chi connectivity index (χ0n) is 16.1. The Morgan fingerprint density at radius 3 is 2.54 bits per heavy atom. The number of H-pyrrole nitrogens is 1. The fourth-order valence-electron chi connectivity index (χ4n) is 3.77. The highest BCUT2D eigenvalue weighted by atomic mass is 16.2. The highest BCUT2D eigenvalue weighted by Gasteiger charge is 2.24. The van der Waals surface area contributed by atoms with E-state index in [0.717, 1.165) is 19.3 Å². The number of nitrogens with zero attached hydrogens (tertiary/aromatic N) is 2. The number of unbranched alkanes of at least 4 members (excludes halogenated alkanes) is 1. The van der Waals surface area contributed by atoms with Crippen molar-refractivity contribution in [2.24, 2.45) is 5.92 Å². The molecule has 0 unspecified atom stereocenters. The van der Waals surface area contributed by atoms with Crippen molar-refractivity contribution in [2.75, 3.05) is 17.2 Å². The monoisotopic (exact) mass is 364 g/mol. The van der Waals surface area contributed by atoms with Gasteiger partial charge in [-0.2, -0.15) is 0 Å². The van der Waals surface area contributed by atoms with Gasteiger partial charge in [0.25, 0.3) is 5.56 Å². The van der Waals surface area contributed by atoms with E-state index in [1.165, 1.54) is 41.6 Å². The molecule has 1 saturated carbocycles. The first kappa shape index (κ1) is 20.3. The smallest absolute Gasteiger partial charge is 0.330 e. The van der Waals surface area contributed by atoms with Crippen molar-refractivity contribution in [1.29, 1.82) is 0 Å². The van der Waals surface area contributed by atoms with Crippen LogP contribution >= 0.6 is 0 Å². The summed E-state index contributed by atoms with van der Waals surface area (Å²) < 4.78 is 1.36. The van der Waals surface area contributed by atoms with Crippen LogP contribution in [-0.2, 0) is 11.3 Å². The number of nitrogens with two attached hydrogens (primary N) is 1. The summed E-state index contributed by atoms with van der Waals surface area (Å²) in [7, 11) is 0. The van der Waals surface area contributed by atoms with E-state index in [-0.39, 0.29) is 17.4 Å². The van der Waals surface area contributed by atoms with Gasteiger partial charge in [0.2, 0.25) is 5.91 Å². The zero-order valence-corrected chi connectivity index (χ0v) is 16.1. The predicted molar refractivity (Wildman–Crippen MR) is 104 cm³/mol. The number of nitrogens with one attached hydrogen (secondary N) is 1. The molecular formula is C19H32N4O3. The van der Waals surface area contributed by atoms with Crippen molar-refractivity contribution in [3.05, 3.63) is 20.8 Å². The third-order valence-electron chi connectivity index (χ3n) is 5.33. The molecule has 0 radical (unpaired) electrons. The second-order valence-electron chi connectivity index (χ2n) is 7.18. The van der Waals surface area contributed by atoms with E-state index < -0.39 is 11.2 Å². The summed E-state index contributed by atoms with van der Waals surface area (Å²) in [4.78, 5) is 40.9. The maximum Gasteiger partial charge on any atom is 0.330 e. The summed E-state index contributed by atoms with van der Waals surface area (Å²) in [6.07, 6.45) is 9.07. The molecule has 146 valence electrons. The van der Waals surface area contributed by atoms with Gasteiger partial charge < -0.3 is 10.6 Å². The summed E-state index contributed by atoms with van der Waals surface area (Å²) in [5.41, 5.74) is 5.13. The average Bonchev–Trinajstić information content (AvgIpc) is 2.63. The summed E-state index contributed by atoms with van der Waals surface area (Å²) >= 11 is 0. The lowest BCUT2D eigenvalue weighted by molar-refractivity contribution is -0.118. The van der Waals surface area contributed by atoms with Gasteiger partial charge in [-0.3, -0.25) is 19.1 Å². The number of amides is 1. The number of carbonyl (C=O) groups excluding carboxylic acids is 1. The Hall–Kier alpha value is -2.05. The lowest BCUT2D eigenvalue weighted by Crippen LogP contribution is -2.41. The van der Waals surface area contributed by atoms with Crippen LogP contribution in [-0.4, -0.2) is 22.0 Å². The van der Waals surface area contributed by atoms with Gasteiger partial charge in [0.15, 0.2) is 5.69 Å². The molecule has 7 nitrogen and oxygen atoms in total. The molecule has 1 aromatic rings. The van der Waals surface area contributed by atoms with E-state index >= 15 is 0 Å². The molecule has 0 saturated heterocycles. The molecule has 26 heavy (non-hydrogen) atoms. The molecule has 0 aromatic carbocycles. The van der Waals surface area contributed by atoms with Gasteiger partial charge in [-0.1, -0.05) is 45.4 Å². The Labute approximate surface area is 154 Å². The molecule has 2 rings (SSSR count). The van der Waals surface area contributed by atoms with Gasteiger partial charge in [-0.15, -0.1) is 0 Å². The largest absolute Gasteiger partial charge is 0.383 e. The fraction of sp³-hybridized carbons (Fsp3) is 0.737. The summed E-state index contributed by atoms with van der Waals surface area (Å²) in [5.74, 6) is 0.580. The molecule has 1 fully saturated rings. The molecule has 1 aliphatic rings. The molecular weight excluding hydrogens is 332 g/mol. The number of aromatic nitrogens is 2. The molecule has 0 bridgehead atoms. The van der Waals surface area contributed by atoms with Crippen molar-refractivity contribution in [1.82, 2.24) is 9.55 Å². The van der Waals surface area contributed by atoms with E-state index in [0.29, 0.717) is 25.4 Å². The molecule has 0 spiro atoms. The predicted octanol–water partition coefficient (Wildman–Crippen LogP) is 2.63. The Balaban J connectivity index is 2.20. The zero-order chi connectivity index (χ0) is 19.1. The third-order valence-corrected chi connectivity index (χ3v) is 5.33. The SMILES string of the molecule is CCCCn1c(N)c(N(CC)C(=O)CCC2CCCCC2)c(=O)[nH]c1=O. The summed E-state index contributed by atoms with van der Waals surface area (Å²) in [6, 6.07) is 0. The molecule has 1 aromatic heterocycles. The number of nitrogen functional groups attached to an aromatic ring is 1. The summed E-state index contributed by atoms with van der Waals surface area (Å²) in [5, 5.41) is 0. The highest BCUT2D eigenvalue weighted by molar-refractivity contribution is 5.95. The van der Waals surface area contributed by atoms with Crippen LogP contribution in [0.2, 0.25) is 0 Å². The number of aromatic amines is 1. The Bertz CT molecular complexity index is 716. The van der Waals surface area contributed by atoms with Crippen molar-refractivity contribution in [3.63, 3.8) is 0 Å². The van der Waals surface area contributed by atoms with Crippen molar-refractivity contribution < 1.29 is 4.79 Å². The quantitative estimate of drug-likeness (QED) is 0.740. The number of hydrogen-bond acceptors (Lipinski definition) is 4. The fourth-order valence-corrected chi connectivity index (χ4v) is 3.77. The maximum atomic E-state index is 12.8. The molecule has 1 aliphatic carbocycles. The van der Waals surface area contributed by atoms with Crippen molar-refractivity contribution >= 4 is 17.4 Å². The molecule has 1 heterocycles. The van der Waals surface area contributed by atoms with Crippen LogP contribution in [0.1, 0.15) is 71.6 Å². The van der Waals surface area contributed by atoms with Gasteiger partial charge in [0, 0.05) is 19.5 Å². The van der Waals surface area contributed by atoms with Gasteiger partial charge in [-0.25, -0.2) is 4.79 Å². The normalized spacial score (nSPS) is 15.2. The van der Waals surface area contributed by atoms with E-state index in [9.17, 15) is 14.4 Å². The second-order valence-corrected chi connectivity index (χ2v) is 7.18. The van der Waals surface area contributed by atoms with Crippen LogP contribution in [0.25, 0.3) is 0 Å². The van der Waals surface area contributed by atoms with Gasteiger partial charge in [-0.05, 0) is 25.7 Å². The summed E-state index contributed by atoms with van der Waals surface area (Å²) in [6.45, 7) is 4.61. The lowest BCUT2D eigenvalue weighted by Gasteiger charge is -2.25. The minimum atomic E-state index is -0.590. The Morgan fingerprint density at radius 1 is 1.23 bits per heavy atom. The van der Waals surface area contributed by atoms with Crippen LogP contribution < -0.4 is 21.9 Å². The minimum Gasteiger partial charge on any atom is -0.383 e. The molecule has 0 atom stereocenters. The number of anilines is 2. The van der Waals surface area contributed by atoms with Crippen LogP contribution in [0.15, 0.2) is 9.59 Å². The van der Waals surface area contributed by atoms with Crippen LogP contribution in [0.4, 0.5) is 11.5 Å². The van der Waals surface area contributed by atoms with Crippen LogP contribution in [0.3, 0.4) is 0 Å². The molecule has 3 N–H and O–H groups in total. The third kappa shape index (κ3) is 4.77. The Kier molecular flexibility index (Phi) is 7.48.